The Morgan fingerprint density at radius 3 is 2.84 bits per heavy atom. The highest BCUT2D eigenvalue weighted by atomic mass is 16.7. The number of aryl methyl sites for hydroxylation is 2. The Bertz CT molecular complexity index is 710. The van der Waals surface area contributed by atoms with E-state index in [-0.39, 0.29) is 6.29 Å². The summed E-state index contributed by atoms with van der Waals surface area (Å²) in [5.41, 5.74) is 3.43. The van der Waals surface area contributed by atoms with Crippen molar-refractivity contribution in [3.63, 3.8) is 0 Å². The van der Waals surface area contributed by atoms with Crippen molar-refractivity contribution in [2.24, 2.45) is 0 Å². The molecular formula is C21H26N2O2. The second kappa shape index (κ2) is 8.67. The van der Waals surface area contributed by atoms with Crippen molar-refractivity contribution in [2.45, 2.75) is 45.4 Å². The summed E-state index contributed by atoms with van der Waals surface area (Å²) in [6, 6.07) is 8.29. The van der Waals surface area contributed by atoms with E-state index in [4.69, 9.17) is 9.47 Å². The van der Waals surface area contributed by atoms with E-state index in [1.807, 2.05) is 42.1 Å². The lowest BCUT2D eigenvalue weighted by Gasteiger charge is -2.23. The van der Waals surface area contributed by atoms with E-state index < -0.39 is 0 Å². The van der Waals surface area contributed by atoms with Crippen molar-refractivity contribution in [1.82, 2.24) is 9.78 Å². The zero-order chi connectivity index (χ0) is 17.5. The Kier molecular flexibility index (Phi) is 6.07. The summed E-state index contributed by atoms with van der Waals surface area (Å²) in [5.74, 6) is 0.873. The first-order chi connectivity index (χ1) is 12.3. The van der Waals surface area contributed by atoms with E-state index in [0.717, 1.165) is 49.4 Å². The van der Waals surface area contributed by atoms with Crippen molar-refractivity contribution in [3.8, 4) is 5.75 Å². The molecule has 1 atom stereocenters. The Labute approximate surface area is 149 Å². The van der Waals surface area contributed by atoms with Crippen LogP contribution < -0.4 is 4.74 Å². The molecule has 1 aromatic heterocycles. The lowest BCUT2D eigenvalue weighted by atomic mass is 10.1. The number of ether oxygens (including phenoxy) is 2. The van der Waals surface area contributed by atoms with Crippen molar-refractivity contribution < 1.29 is 9.47 Å². The van der Waals surface area contributed by atoms with E-state index in [1.165, 1.54) is 12.0 Å². The molecule has 1 fully saturated rings. The molecule has 0 aliphatic carbocycles. The van der Waals surface area contributed by atoms with Gasteiger partial charge in [-0.2, -0.15) is 5.10 Å². The van der Waals surface area contributed by atoms with Crippen molar-refractivity contribution in [1.29, 1.82) is 0 Å². The molecule has 4 heteroatoms. The quantitative estimate of drug-likeness (QED) is 0.734. The van der Waals surface area contributed by atoms with Crippen LogP contribution >= 0.6 is 0 Å². The Morgan fingerprint density at radius 1 is 1.32 bits per heavy atom. The van der Waals surface area contributed by atoms with Gasteiger partial charge in [-0.25, -0.2) is 0 Å². The molecule has 0 bridgehead atoms. The van der Waals surface area contributed by atoms with Gasteiger partial charge in [0.05, 0.1) is 18.5 Å². The third-order valence-electron chi connectivity index (χ3n) is 4.40. The van der Waals surface area contributed by atoms with Crippen molar-refractivity contribution >= 4 is 12.2 Å². The summed E-state index contributed by atoms with van der Waals surface area (Å²) in [5, 5.41) is 4.47. The minimum absolute atomic E-state index is 0.0932. The highest BCUT2D eigenvalue weighted by molar-refractivity contribution is 5.60. The van der Waals surface area contributed by atoms with E-state index in [1.54, 1.807) is 0 Å². The topological polar surface area (TPSA) is 36.3 Å². The molecule has 2 heterocycles. The zero-order valence-corrected chi connectivity index (χ0v) is 14.9. The van der Waals surface area contributed by atoms with Crippen LogP contribution in [0.5, 0.6) is 5.75 Å². The van der Waals surface area contributed by atoms with Crippen LogP contribution in [-0.2, 0) is 17.7 Å². The maximum absolute atomic E-state index is 5.88. The number of hydrogen-bond acceptors (Lipinski definition) is 3. The SMILES string of the molecule is C=Cc1cnn(CCc2ccc(OC3CCCCO3)cc2)c1/C=C\C. The van der Waals surface area contributed by atoms with E-state index >= 15 is 0 Å². The van der Waals surface area contributed by atoms with Crippen LogP contribution in [-0.4, -0.2) is 22.7 Å². The fraction of sp³-hybridized carbons (Fsp3) is 0.381. The highest BCUT2D eigenvalue weighted by Crippen LogP contribution is 2.20. The van der Waals surface area contributed by atoms with Crippen molar-refractivity contribution in [2.75, 3.05) is 6.61 Å². The number of benzene rings is 1. The summed E-state index contributed by atoms with van der Waals surface area (Å²) < 4.78 is 13.5. The summed E-state index contributed by atoms with van der Waals surface area (Å²) in [7, 11) is 0. The third kappa shape index (κ3) is 4.60. The number of rotatable bonds is 7. The van der Waals surface area contributed by atoms with Crippen LogP contribution in [0.3, 0.4) is 0 Å². The predicted molar refractivity (Wildman–Crippen MR) is 101 cm³/mol. The molecule has 1 aliphatic rings. The first kappa shape index (κ1) is 17.5. The number of hydrogen-bond donors (Lipinski definition) is 0. The second-order valence-electron chi connectivity index (χ2n) is 6.22. The van der Waals surface area contributed by atoms with Crippen LogP contribution in [0.15, 0.2) is 43.1 Å². The molecule has 1 unspecified atom stereocenters. The fourth-order valence-corrected chi connectivity index (χ4v) is 3.01. The van der Waals surface area contributed by atoms with Gasteiger partial charge in [-0.1, -0.05) is 30.9 Å². The molecule has 1 aromatic carbocycles. The van der Waals surface area contributed by atoms with Gasteiger partial charge in [0.25, 0.3) is 0 Å². The van der Waals surface area contributed by atoms with Gasteiger partial charge >= 0.3 is 0 Å². The Morgan fingerprint density at radius 2 is 2.16 bits per heavy atom. The summed E-state index contributed by atoms with van der Waals surface area (Å²) in [6.07, 6.45) is 11.9. The van der Waals surface area contributed by atoms with E-state index in [0.29, 0.717) is 0 Å². The lowest BCUT2D eigenvalue weighted by molar-refractivity contribution is -0.105. The standard InChI is InChI=1S/C21H26N2O2/c1-3-7-20-18(4-2)16-22-23(20)14-13-17-9-11-19(12-10-17)25-21-8-5-6-15-24-21/h3-4,7,9-12,16,21H,2,5-6,8,13-15H2,1H3/b7-3-. The molecule has 0 saturated carbocycles. The maximum atomic E-state index is 5.88. The lowest BCUT2D eigenvalue weighted by Crippen LogP contribution is -2.24. The van der Waals surface area contributed by atoms with Crippen LogP contribution in [0, 0.1) is 0 Å². The Hall–Kier alpha value is -2.33. The molecular weight excluding hydrogens is 312 g/mol. The molecule has 1 aliphatic heterocycles. The van der Waals surface area contributed by atoms with Crippen LogP contribution in [0.1, 0.15) is 43.0 Å². The third-order valence-corrected chi connectivity index (χ3v) is 4.40. The largest absolute Gasteiger partial charge is 0.465 e. The number of nitrogens with zero attached hydrogens (tertiary/aromatic N) is 2. The van der Waals surface area contributed by atoms with Gasteiger partial charge in [-0.3, -0.25) is 4.68 Å². The van der Waals surface area contributed by atoms with Crippen LogP contribution in [0.25, 0.3) is 12.2 Å². The van der Waals surface area contributed by atoms with Crippen LogP contribution in [0.2, 0.25) is 0 Å². The van der Waals surface area contributed by atoms with E-state index in [9.17, 15) is 0 Å². The molecule has 25 heavy (non-hydrogen) atoms. The zero-order valence-electron chi connectivity index (χ0n) is 14.9. The second-order valence-corrected chi connectivity index (χ2v) is 6.22. The van der Waals surface area contributed by atoms with Gasteiger partial charge in [0.15, 0.2) is 6.29 Å². The summed E-state index contributed by atoms with van der Waals surface area (Å²) in [4.78, 5) is 0. The average molecular weight is 338 g/mol. The van der Waals surface area contributed by atoms with Crippen molar-refractivity contribution in [3.05, 3.63) is 59.9 Å². The molecule has 3 rings (SSSR count). The van der Waals surface area contributed by atoms with Gasteiger partial charge in [0, 0.05) is 18.5 Å². The predicted octanol–water partition coefficient (Wildman–Crippen LogP) is 4.71. The first-order valence-electron chi connectivity index (χ1n) is 8.98. The minimum atomic E-state index is -0.0932. The van der Waals surface area contributed by atoms with Gasteiger partial charge in [-0.05, 0) is 50.0 Å². The molecule has 1 saturated heterocycles. The van der Waals surface area contributed by atoms with Crippen LogP contribution in [0.4, 0.5) is 0 Å². The molecule has 2 aromatic rings. The molecule has 0 spiro atoms. The molecule has 0 N–H and O–H groups in total. The van der Waals surface area contributed by atoms with Gasteiger partial charge < -0.3 is 9.47 Å². The monoisotopic (exact) mass is 338 g/mol. The number of aromatic nitrogens is 2. The maximum Gasteiger partial charge on any atom is 0.199 e. The smallest absolute Gasteiger partial charge is 0.199 e. The fourth-order valence-electron chi connectivity index (χ4n) is 3.01. The molecule has 0 radical (unpaired) electrons. The Balaban J connectivity index is 1.58. The van der Waals surface area contributed by atoms with E-state index in [2.05, 4.69) is 29.9 Å². The normalized spacial score (nSPS) is 17.7. The van der Waals surface area contributed by atoms with Gasteiger partial charge in [0.1, 0.15) is 5.75 Å². The number of allylic oxidation sites excluding steroid dienone is 1. The molecule has 132 valence electrons. The summed E-state index contributed by atoms with van der Waals surface area (Å²) in [6.45, 7) is 7.50. The summed E-state index contributed by atoms with van der Waals surface area (Å²) >= 11 is 0. The molecule has 0 amide bonds. The minimum Gasteiger partial charge on any atom is -0.465 e. The average Bonchev–Trinajstić information content (AvgIpc) is 3.04. The molecule has 4 nitrogen and oxygen atoms in total. The highest BCUT2D eigenvalue weighted by Gasteiger charge is 2.15. The van der Waals surface area contributed by atoms with Gasteiger partial charge in [0.2, 0.25) is 0 Å². The first-order valence-corrected chi connectivity index (χ1v) is 8.98. The van der Waals surface area contributed by atoms with Gasteiger partial charge in [-0.15, -0.1) is 0 Å².